The van der Waals surface area contributed by atoms with Gasteiger partial charge in [0.1, 0.15) is 11.5 Å². The first-order chi connectivity index (χ1) is 8.99. The molecule has 0 amide bonds. The zero-order chi connectivity index (χ0) is 14.0. The van der Waals surface area contributed by atoms with Crippen LogP contribution < -0.4 is 5.32 Å². The summed E-state index contributed by atoms with van der Waals surface area (Å²) in [7, 11) is 2.02. The van der Waals surface area contributed by atoms with E-state index in [9.17, 15) is 14.5 Å². The minimum absolute atomic E-state index is 0.118. The molecule has 1 aromatic rings. The Kier molecular flexibility index (Phi) is 4.21. The Balaban J connectivity index is 2.14. The summed E-state index contributed by atoms with van der Waals surface area (Å²) in [6, 6.07) is 2.45. The lowest BCUT2D eigenvalue weighted by molar-refractivity contribution is -0.384. The molecule has 0 aliphatic carbocycles. The van der Waals surface area contributed by atoms with Gasteiger partial charge in [-0.2, -0.15) is 0 Å². The second kappa shape index (κ2) is 5.71. The van der Waals surface area contributed by atoms with Crippen molar-refractivity contribution in [3.63, 3.8) is 0 Å². The molecule has 1 aliphatic heterocycles. The van der Waals surface area contributed by atoms with E-state index in [4.69, 9.17) is 11.6 Å². The standard InChI is InChI=1S/C12H15ClFN3O2/c1-16-4-2-3-8(16)7-15-11-5-9(13)10(14)6-12(11)17(18)19/h5-6,8,15H,2-4,7H2,1H3. The third-order valence-corrected chi connectivity index (χ3v) is 3.72. The number of nitrogens with zero attached hydrogens (tertiary/aromatic N) is 2. The molecule has 0 bridgehead atoms. The van der Waals surface area contributed by atoms with Crippen molar-refractivity contribution in [2.75, 3.05) is 25.5 Å². The van der Waals surface area contributed by atoms with Crippen LogP contribution in [0.5, 0.6) is 0 Å². The van der Waals surface area contributed by atoms with E-state index in [1.165, 1.54) is 6.07 Å². The topological polar surface area (TPSA) is 58.4 Å². The van der Waals surface area contributed by atoms with Gasteiger partial charge in [0.15, 0.2) is 0 Å². The highest BCUT2D eigenvalue weighted by molar-refractivity contribution is 6.31. The highest BCUT2D eigenvalue weighted by atomic mass is 35.5. The van der Waals surface area contributed by atoms with Gasteiger partial charge in [0, 0.05) is 12.6 Å². The predicted molar refractivity (Wildman–Crippen MR) is 72.2 cm³/mol. The average molecular weight is 288 g/mol. The van der Waals surface area contributed by atoms with Crippen LogP contribution in [-0.4, -0.2) is 36.0 Å². The number of hydrogen-bond acceptors (Lipinski definition) is 4. The summed E-state index contributed by atoms with van der Waals surface area (Å²) >= 11 is 5.67. The van der Waals surface area contributed by atoms with Gasteiger partial charge in [0.05, 0.1) is 16.0 Å². The van der Waals surface area contributed by atoms with Crippen LogP contribution in [0.4, 0.5) is 15.8 Å². The Bertz CT molecular complexity index is 498. The summed E-state index contributed by atoms with van der Waals surface area (Å²) in [5, 5.41) is 13.8. The highest BCUT2D eigenvalue weighted by Gasteiger charge is 2.23. The molecule has 104 valence electrons. The molecule has 5 nitrogen and oxygen atoms in total. The second-order valence-corrected chi connectivity index (χ2v) is 5.11. The summed E-state index contributed by atoms with van der Waals surface area (Å²) in [6.07, 6.45) is 2.17. The first-order valence-corrected chi connectivity index (χ1v) is 6.44. The summed E-state index contributed by atoms with van der Waals surface area (Å²) in [5.74, 6) is -0.781. The Hall–Kier alpha value is -1.40. The largest absolute Gasteiger partial charge is 0.378 e. The van der Waals surface area contributed by atoms with Gasteiger partial charge in [-0.15, -0.1) is 0 Å². The Labute approximate surface area is 115 Å². The molecule has 1 unspecified atom stereocenters. The minimum atomic E-state index is -0.781. The molecule has 1 saturated heterocycles. The molecule has 1 aromatic carbocycles. The van der Waals surface area contributed by atoms with Crippen LogP contribution in [0.1, 0.15) is 12.8 Å². The Morgan fingerprint density at radius 2 is 2.37 bits per heavy atom. The maximum absolute atomic E-state index is 13.3. The van der Waals surface area contributed by atoms with E-state index in [-0.39, 0.29) is 16.4 Å². The molecule has 2 rings (SSSR count). The molecular formula is C12H15ClFN3O2. The van der Waals surface area contributed by atoms with Crippen molar-refractivity contribution in [2.24, 2.45) is 0 Å². The Morgan fingerprint density at radius 3 is 2.95 bits per heavy atom. The first-order valence-electron chi connectivity index (χ1n) is 6.06. The van der Waals surface area contributed by atoms with E-state index in [1.54, 1.807) is 0 Å². The first kappa shape index (κ1) is 14.0. The highest BCUT2D eigenvalue weighted by Crippen LogP contribution is 2.30. The molecule has 7 heteroatoms. The molecule has 1 heterocycles. The predicted octanol–water partition coefficient (Wildman–Crippen LogP) is 2.89. The fraction of sp³-hybridized carbons (Fsp3) is 0.500. The molecule has 0 radical (unpaired) electrons. The van der Waals surface area contributed by atoms with E-state index in [0.29, 0.717) is 12.6 Å². The molecule has 1 fully saturated rings. The van der Waals surface area contributed by atoms with Crippen molar-refractivity contribution in [3.8, 4) is 0 Å². The van der Waals surface area contributed by atoms with Crippen molar-refractivity contribution in [2.45, 2.75) is 18.9 Å². The molecule has 0 aromatic heterocycles. The molecule has 0 spiro atoms. The lowest BCUT2D eigenvalue weighted by Gasteiger charge is -2.20. The summed E-state index contributed by atoms with van der Waals surface area (Å²) in [6.45, 7) is 1.61. The maximum atomic E-state index is 13.3. The lowest BCUT2D eigenvalue weighted by atomic mass is 10.2. The van der Waals surface area contributed by atoms with Crippen molar-refractivity contribution < 1.29 is 9.31 Å². The van der Waals surface area contributed by atoms with Crippen molar-refractivity contribution in [3.05, 3.63) is 33.1 Å². The van der Waals surface area contributed by atoms with E-state index >= 15 is 0 Å². The summed E-state index contributed by atoms with van der Waals surface area (Å²) in [4.78, 5) is 12.5. The van der Waals surface area contributed by atoms with Gasteiger partial charge in [-0.1, -0.05) is 11.6 Å². The number of anilines is 1. The number of benzene rings is 1. The number of halogens is 2. The number of hydrogen-bond donors (Lipinski definition) is 1. The number of nitrogens with one attached hydrogen (secondary N) is 1. The quantitative estimate of drug-likeness (QED) is 0.683. The molecular weight excluding hydrogens is 273 g/mol. The smallest absolute Gasteiger partial charge is 0.295 e. The molecule has 1 atom stereocenters. The second-order valence-electron chi connectivity index (χ2n) is 4.70. The SMILES string of the molecule is CN1CCCC1CNc1cc(Cl)c(F)cc1[N+](=O)[O-]. The fourth-order valence-electron chi connectivity index (χ4n) is 2.29. The van der Waals surface area contributed by atoms with E-state index in [0.717, 1.165) is 25.5 Å². The fourth-order valence-corrected chi connectivity index (χ4v) is 2.46. The number of likely N-dealkylation sites (tertiary alicyclic amines) is 1. The number of nitro groups is 1. The van der Waals surface area contributed by atoms with E-state index in [1.807, 2.05) is 7.05 Å². The van der Waals surface area contributed by atoms with Gasteiger partial charge in [0.25, 0.3) is 5.69 Å². The molecule has 19 heavy (non-hydrogen) atoms. The zero-order valence-corrected chi connectivity index (χ0v) is 11.3. The van der Waals surface area contributed by atoms with Crippen LogP contribution in [0, 0.1) is 15.9 Å². The normalized spacial score (nSPS) is 19.6. The summed E-state index contributed by atoms with van der Waals surface area (Å²) < 4.78 is 13.3. The monoisotopic (exact) mass is 287 g/mol. The van der Waals surface area contributed by atoms with Crippen LogP contribution >= 0.6 is 11.6 Å². The average Bonchev–Trinajstić information content (AvgIpc) is 2.75. The van der Waals surface area contributed by atoms with Crippen LogP contribution in [-0.2, 0) is 0 Å². The van der Waals surface area contributed by atoms with Gasteiger partial charge >= 0.3 is 0 Å². The Morgan fingerprint density at radius 1 is 1.63 bits per heavy atom. The van der Waals surface area contributed by atoms with Crippen molar-refractivity contribution in [1.29, 1.82) is 0 Å². The van der Waals surface area contributed by atoms with E-state index in [2.05, 4.69) is 10.2 Å². The van der Waals surface area contributed by atoms with E-state index < -0.39 is 10.7 Å². The van der Waals surface area contributed by atoms with Gasteiger partial charge in [-0.05, 0) is 32.5 Å². The van der Waals surface area contributed by atoms with Crippen LogP contribution in [0.25, 0.3) is 0 Å². The van der Waals surface area contributed by atoms with Gasteiger partial charge in [0.2, 0.25) is 0 Å². The van der Waals surface area contributed by atoms with Crippen molar-refractivity contribution >= 4 is 23.0 Å². The third kappa shape index (κ3) is 3.13. The number of likely N-dealkylation sites (N-methyl/N-ethyl adjacent to an activating group) is 1. The minimum Gasteiger partial charge on any atom is -0.378 e. The molecule has 1 aliphatic rings. The van der Waals surface area contributed by atoms with Crippen molar-refractivity contribution in [1.82, 2.24) is 4.90 Å². The van der Waals surface area contributed by atoms with Gasteiger partial charge < -0.3 is 10.2 Å². The summed E-state index contributed by atoms with van der Waals surface area (Å²) in [5.41, 5.74) is -0.0285. The van der Waals surface area contributed by atoms with Gasteiger partial charge in [-0.3, -0.25) is 10.1 Å². The number of rotatable bonds is 4. The van der Waals surface area contributed by atoms with Crippen LogP contribution in [0.2, 0.25) is 5.02 Å². The maximum Gasteiger partial charge on any atom is 0.295 e. The zero-order valence-electron chi connectivity index (χ0n) is 10.5. The molecule has 1 N–H and O–H groups in total. The van der Waals surface area contributed by atoms with Crippen LogP contribution in [0.15, 0.2) is 12.1 Å². The molecule has 0 saturated carbocycles. The van der Waals surface area contributed by atoms with Crippen LogP contribution in [0.3, 0.4) is 0 Å². The van der Waals surface area contributed by atoms with Gasteiger partial charge in [-0.25, -0.2) is 4.39 Å². The number of nitro benzene ring substituents is 1. The lowest BCUT2D eigenvalue weighted by Crippen LogP contribution is -2.31. The third-order valence-electron chi connectivity index (χ3n) is 3.43.